The summed E-state index contributed by atoms with van der Waals surface area (Å²) in [6.07, 6.45) is -0.173. The lowest BCUT2D eigenvalue weighted by molar-refractivity contribution is -0.121. The zero-order valence-electron chi connectivity index (χ0n) is 9.71. The van der Waals surface area contributed by atoms with Crippen molar-refractivity contribution in [2.75, 3.05) is 18.5 Å². The van der Waals surface area contributed by atoms with E-state index in [9.17, 15) is 18.0 Å². The summed E-state index contributed by atoms with van der Waals surface area (Å²) in [5, 5.41) is 0. The molecule has 1 fully saturated rings. The van der Waals surface area contributed by atoms with Gasteiger partial charge in [-0.2, -0.15) is 0 Å². The molecule has 0 aliphatic carbocycles. The van der Waals surface area contributed by atoms with Crippen LogP contribution in [0.1, 0.15) is 6.42 Å². The summed E-state index contributed by atoms with van der Waals surface area (Å²) in [6.45, 7) is -0.0743. The summed E-state index contributed by atoms with van der Waals surface area (Å²) in [5.41, 5.74) is 0.239. The van der Waals surface area contributed by atoms with Crippen molar-refractivity contribution in [2.24, 2.45) is 0 Å². The lowest BCUT2D eigenvalue weighted by Crippen LogP contribution is -2.28. The van der Waals surface area contributed by atoms with Gasteiger partial charge >= 0.3 is 0 Å². The predicted octanol–water partition coefficient (Wildman–Crippen LogP) is -0.0995. The van der Waals surface area contributed by atoms with Crippen LogP contribution in [0.4, 0.5) is 5.69 Å². The van der Waals surface area contributed by atoms with E-state index in [1.807, 2.05) is 0 Å². The second-order valence-electron chi connectivity index (χ2n) is 3.87. The van der Waals surface area contributed by atoms with Crippen LogP contribution >= 0.6 is 0 Å². The number of amides is 1. The predicted molar refractivity (Wildman–Crippen MR) is 64.7 cm³/mol. The Morgan fingerprint density at radius 1 is 1.22 bits per heavy atom. The summed E-state index contributed by atoms with van der Waals surface area (Å²) in [7, 11) is -2.37. The highest BCUT2D eigenvalue weighted by Gasteiger charge is 2.31. The molecule has 0 atom stereocenters. The Morgan fingerprint density at radius 3 is 2.44 bits per heavy atom. The van der Waals surface area contributed by atoms with Crippen LogP contribution in [0.2, 0.25) is 0 Å². The molecule has 0 radical (unpaired) electrons. The normalized spacial score (nSPS) is 16.4. The number of ketones is 1. The molecule has 1 saturated heterocycles. The lowest BCUT2D eigenvalue weighted by Gasteiger charge is -2.18. The van der Waals surface area contributed by atoms with Gasteiger partial charge < -0.3 is 4.90 Å². The average Bonchev–Trinajstić information content (AvgIpc) is 2.68. The number of rotatable bonds is 3. The van der Waals surface area contributed by atoms with E-state index in [2.05, 4.69) is 4.72 Å². The molecule has 96 valence electrons. The van der Waals surface area contributed by atoms with Crippen LogP contribution in [0.3, 0.4) is 0 Å². The number of nitrogens with zero attached hydrogens (tertiary/aromatic N) is 1. The van der Waals surface area contributed by atoms with E-state index in [1.165, 1.54) is 24.1 Å². The molecular formula is C11H12N2O4S. The van der Waals surface area contributed by atoms with Crippen molar-refractivity contribution in [2.45, 2.75) is 11.3 Å². The second-order valence-corrected chi connectivity index (χ2v) is 5.73. The molecular weight excluding hydrogens is 256 g/mol. The molecule has 18 heavy (non-hydrogen) atoms. The third-order valence-corrected chi connectivity index (χ3v) is 4.16. The van der Waals surface area contributed by atoms with Crippen LogP contribution < -0.4 is 9.62 Å². The van der Waals surface area contributed by atoms with Crippen molar-refractivity contribution in [3.05, 3.63) is 24.3 Å². The first-order valence-electron chi connectivity index (χ1n) is 5.30. The maximum absolute atomic E-state index is 11.8. The third-order valence-electron chi connectivity index (χ3n) is 2.70. The molecule has 7 heteroatoms. The lowest BCUT2D eigenvalue weighted by atomic mass is 10.3. The van der Waals surface area contributed by atoms with E-state index in [0.717, 1.165) is 0 Å². The number of carbonyl (C=O) groups excluding carboxylic acids is 2. The number of carbonyl (C=O) groups is 2. The molecule has 0 bridgehead atoms. The topological polar surface area (TPSA) is 83.6 Å². The molecule has 1 aliphatic heterocycles. The summed E-state index contributed by atoms with van der Waals surface area (Å²) >= 11 is 0. The molecule has 0 spiro atoms. The number of hydrogen-bond acceptors (Lipinski definition) is 4. The average molecular weight is 268 g/mol. The molecule has 0 saturated carbocycles. The Labute approximate surface area is 105 Å². The monoisotopic (exact) mass is 268 g/mol. The van der Waals surface area contributed by atoms with Gasteiger partial charge in [0.1, 0.15) is 4.90 Å². The van der Waals surface area contributed by atoms with Gasteiger partial charge in [0.25, 0.3) is 0 Å². The number of nitrogens with one attached hydrogen (secondary N) is 1. The Bertz CT molecular complexity index is 609. The maximum Gasteiger partial charge on any atom is 0.242 e. The number of benzene rings is 1. The Morgan fingerprint density at radius 2 is 1.89 bits per heavy atom. The summed E-state index contributed by atoms with van der Waals surface area (Å²) in [5.74, 6) is -0.588. The van der Waals surface area contributed by atoms with E-state index < -0.39 is 10.0 Å². The molecule has 1 aromatic carbocycles. The fraction of sp³-hybridized carbons (Fsp3) is 0.273. The highest BCUT2D eigenvalue weighted by Crippen LogP contribution is 2.27. The fourth-order valence-corrected chi connectivity index (χ4v) is 2.75. The van der Waals surface area contributed by atoms with Crippen molar-refractivity contribution in [3.63, 3.8) is 0 Å². The van der Waals surface area contributed by atoms with Crippen LogP contribution in [-0.2, 0) is 19.6 Å². The molecule has 1 heterocycles. The molecule has 6 nitrogen and oxygen atoms in total. The standard InChI is InChI=1S/C11H12N2O4S/c1-12-18(16,17)10-5-3-2-4-9(10)13-7-8(14)6-11(13)15/h2-5,12H,6-7H2,1H3. The minimum absolute atomic E-state index is 0.00412. The van der Waals surface area contributed by atoms with Gasteiger partial charge in [-0.15, -0.1) is 0 Å². The maximum atomic E-state index is 11.8. The largest absolute Gasteiger partial charge is 0.303 e. The van der Waals surface area contributed by atoms with Crippen LogP contribution in [0.15, 0.2) is 29.2 Å². The van der Waals surface area contributed by atoms with E-state index in [-0.39, 0.29) is 35.2 Å². The highest BCUT2D eigenvalue weighted by atomic mass is 32.2. The smallest absolute Gasteiger partial charge is 0.242 e. The number of Topliss-reactive ketones (excluding diaryl/α,β-unsaturated/α-hetero) is 1. The molecule has 1 aliphatic rings. The van der Waals surface area contributed by atoms with Crippen LogP contribution in [0, 0.1) is 0 Å². The first-order valence-corrected chi connectivity index (χ1v) is 6.78. The van der Waals surface area contributed by atoms with E-state index in [1.54, 1.807) is 12.1 Å². The Hall–Kier alpha value is -1.73. The van der Waals surface area contributed by atoms with Crippen molar-refractivity contribution >= 4 is 27.4 Å². The summed E-state index contributed by atoms with van der Waals surface area (Å²) in [6, 6.07) is 6.11. The third kappa shape index (κ3) is 2.14. The van der Waals surface area contributed by atoms with Gasteiger partial charge in [-0.25, -0.2) is 13.1 Å². The van der Waals surface area contributed by atoms with Gasteiger partial charge in [0, 0.05) is 0 Å². The van der Waals surface area contributed by atoms with Crippen LogP contribution in [-0.4, -0.2) is 33.7 Å². The highest BCUT2D eigenvalue weighted by molar-refractivity contribution is 7.89. The number of hydrogen-bond donors (Lipinski definition) is 1. The molecule has 1 amide bonds. The van der Waals surface area contributed by atoms with Crippen molar-refractivity contribution < 1.29 is 18.0 Å². The minimum atomic E-state index is -3.66. The first-order chi connectivity index (χ1) is 8.45. The van der Waals surface area contributed by atoms with Gasteiger partial charge in [0.15, 0.2) is 5.78 Å². The van der Waals surface area contributed by atoms with E-state index >= 15 is 0 Å². The zero-order valence-corrected chi connectivity index (χ0v) is 10.5. The van der Waals surface area contributed by atoms with E-state index in [0.29, 0.717) is 0 Å². The molecule has 0 unspecified atom stereocenters. The van der Waals surface area contributed by atoms with Gasteiger partial charge in [0.2, 0.25) is 15.9 Å². The SMILES string of the molecule is CNS(=O)(=O)c1ccccc1N1CC(=O)CC1=O. The number of sulfonamides is 1. The molecule has 1 aromatic rings. The summed E-state index contributed by atoms with van der Waals surface area (Å²) in [4.78, 5) is 24.1. The first kappa shape index (κ1) is 12.7. The summed E-state index contributed by atoms with van der Waals surface area (Å²) < 4.78 is 25.9. The molecule has 2 rings (SSSR count). The molecule has 0 aromatic heterocycles. The van der Waals surface area contributed by atoms with Gasteiger partial charge in [-0.1, -0.05) is 12.1 Å². The minimum Gasteiger partial charge on any atom is -0.303 e. The molecule has 1 N–H and O–H groups in total. The Kier molecular flexibility index (Phi) is 3.18. The van der Waals surface area contributed by atoms with Crippen LogP contribution in [0.5, 0.6) is 0 Å². The fourth-order valence-electron chi connectivity index (χ4n) is 1.82. The van der Waals surface area contributed by atoms with Crippen molar-refractivity contribution in [3.8, 4) is 0 Å². The van der Waals surface area contributed by atoms with Crippen LogP contribution in [0.25, 0.3) is 0 Å². The zero-order chi connectivity index (χ0) is 13.3. The Balaban J connectivity index is 2.53. The van der Waals surface area contributed by atoms with Gasteiger partial charge in [-0.3, -0.25) is 9.59 Å². The van der Waals surface area contributed by atoms with Gasteiger partial charge in [0.05, 0.1) is 18.7 Å². The van der Waals surface area contributed by atoms with Gasteiger partial charge in [-0.05, 0) is 19.2 Å². The quantitative estimate of drug-likeness (QED) is 0.776. The van der Waals surface area contributed by atoms with E-state index in [4.69, 9.17) is 0 Å². The van der Waals surface area contributed by atoms with Crippen molar-refractivity contribution in [1.29, 1.82) is 0 Å². The number of para-hydroxylation sites is 1. The second kappa shape index (κ2) is 4.51. The van der Waals surface area contributed by atoms with Crippen molar-refractivity contribution in [1.82, 2.24) is 4.72 Å². The number of anilines is 1.